The fraction of sp³-hybridized carbons (Fsp3) is 0.158. The van der Waals surface area contributed by atoms with Gasteiger partial charge in [-0.25, -0.2) is 13.6 Å². The minimum atomic E-state index is -1.41. The second kappa shape index (κ2) is 5.94. The number of carboxylic acid groups (broad SMARTS) is 1. The zero-order valence-electron chi connectivity index (χ0n) is 13.6. The van der Waals surface area contributed by atoms with Crippen LogP contribution in [0, 0.1) is 11.6 Å². The van der Waals surface area contributed by atoms with Crippen LogP contribution in [0.1, 0.15) is 21.5 Å². The molecule has 1 aromatic heterocycles. The van der Waals surface area contributed by atoms with E-state index in [9.17, 15) is 23.5 Å². The molecule has 0 spiro atoms. The lowest BCUT2D eigenvalue weighted by Gasteiger charge is -2.34. The molecule has 7 heteroatoms. The lowest BCUT2D eigenvalue weighted by Crippen LogP contribution is -2.41. The van der Waals surface area contributed by atoms with Crippen molar-refractivity contribution in [3.05, 3.63) is 81.1 Å². The second-order valence-electron chi connectivity index (χ2n) is 6.19. The topological polar surface area (TPSA) is 62.5 Å². The van der Waals surface area contributed by atoms with Gasteiger partial charge in [0.1, 0.15) is 5.56 Å². The Kier molecular flexibility index (Phi) is 3.72. The fourth-order valence-corrected chi connectivity index (χ4v) is 3.40. The molecule has 2 heterocycles. The van der Waals surface area contributed by atoms with Crippen LogP contribution in [-0.2, 0) is 13.0 Å². The predicted octanol–water partition coefficient (Wildman–Crippen LogP) is 2.67. The van der Waals surface area contributed by atoms with Crippen LogP contribution in [0.3, 0.4) is 0 Å². The number of aromatic carboxylic acids is 1. The molecular weight excluding hydrogens is 342 g/mol. The van der Waals surface area contributed by atoms with Crippen molar-refractivity contribution in [1.82, 2.24) is 4.68 Å². The summed E-state index contributed by atoms with van der Waals surface area (Å²) in [6.07, 6.45) is 1.41. The van der Waals surface area contributed by atoms with Crippen LogP contribution < -0.4 is 10.4 Å². The van der Waals surface area contributed by atoms with E-state index in [-0.39, 0.29) is 22.9 Å². The molecule has 2 aromatic carbocycles. The van der Waals surface area contributed by atoms with Crippen molar-refractivity contribution < 1.29 is 18.7 Å². The largest absolute Gasteiger partial charge is 0.477 e. The third-order valence-electron chi connectivity index (χ3n) is 4.62. The molecule has 0 radical (unpaired) electrons. The summed E-state index contributed by atoms with van der Waals surface area (Å²) in [6.45, 7) is 0.801. The first-order valence-electron chi connectivity index (χ1n) is 8.06. The van der Waals surface area contributed by atoms with Crippen LogP contribution in [0.4, 0.5) is 8.78 Å². The molecule has 0 fully saturated rings. The Hall–Kier alpha value is -3.22. The molecule has 1 aliphatic heterocycles. The molecule has 1 aliphatic rings. The van der Waals surface area contributed by atoms with Crippen molar-refractivity contribution >= 4 is 16.9 Å². The summed E-state index contributed by atoms with van der Waals surface area (Å²) >= 11 is 0. The molecule has 0 saturated carbocycles. The van der Waals surface area contributed by atoms with Gasteiger partial charge in [0.25, 0.3) is 0 Å². The highest BCUT2D eigenvalue weighted by Gasteiger charge is 2.27. The zero-order valence-corrected chi connectivity index (χ0v) is 13.6. The second-order valence-corrected chi connectivity index (χ2v) is 6.19. The maximum atomic E-state index is 14.3. The molecule has 132 valence electrons. The highest BCUT2D eigenvalue weighted by Crippen LogP contribution is 2.27. The first-order chi connectivity index (χ1) is 12.5. The fourth-order valence-electron chi connectivity index (χ4n) is 3.40. The predicted molar refractivity (Wildman–Crippen MR) is 92.0 cm³/mol. The highest BCUT2D eigenvalue weighted by atomic mass is 19.2. The Morgan fingerprint density at radius 3 is 2.62 bits per heavy atom. The lowest BCUT2D eigenvalue weighted by molar-refractivity contribution is 0.0694. The van der Waals surface area contributed by atoms with Gasteiger partial charge in [0.15, 0.2) is 11.6 Å². The van der Waals surface area contributed by atoms with Crippen LogP contribution >= 0.6 is 0 Å². The highest BCUT2D eigenvalue weighted by molar-refractivity contribution is 5.94. The Morgan fingerprint density at radius 2 is 1.92 bits per heavy atom. The number of rotatable bonds is 3. The first kappa shape index (κ1) is 16.3. The molecule has 26 heavy (non-hydrogen) atoms. The van der Waals surface area contributed by atoms with Gasteiger partial charge in [0.05, 0.1) is 17.4 Å². The number of nitrogens with zero attached hydrogens (tertiary/aromatic N) is 2. The van der Waals surface area contributed by atoms with Gasteiger partial charge < -0.3 is 10.1 Å². The quantitative estimate of drug-likeness (QED) is 0.784. The third-order valence-corrected chi connectivity index (χ3v) is 4.62. The van der Waals surface area contributed by atoms with E-state index in [1.165, 1.54) is 10.9 Å². The minimum Gasteiger partial charge on any atom is -0.477 e. The van der Waals surface area contributed by atoms with Crippen LogP contribution in [0.5, 0.6) is 0 Å². The van der Waals surface area contributed by atoms with Crippen LogP contribution in [-0.4, -0.2) is 22.3 Å². The average molecular weight is 356 g/mol. The number of pyridine rings is 1. The number of hydrogen-bond acceptors (Lipinski definition) is 3. The monoisotopic (exact) mass is 356 g/mol. The number of benzene rings is 2. The van der Waals surface area contributed by atoms with Gasteiger partial charge in [-0.15, -0.1) is 0 Å². The van der Waals surface area contributed by atoms with E-state index in [4.69, 9.17) is 0 Å². The van der Waals surface area contributed by atoms with Gasteiger partial charge in [-0.3, -0.25) is 9.47 Å². The molecule has 0 atom stereocenters. The SMILES string of the molecule is O=C(O)c1cn2c3c(c(F)c(F)cc3c1=O)CCN2Cc1ccccc1. The molecule has 0 saturated heterocycles. The number of aromatic nitrogens is 1. The van der Waals surface area contributed by atoms with Gasteiger partial charge in [0, 0.05) is 18.3 Å². The molecule has 0 aliphatic carbocycles. The van der Waals surface area contributed by atoms with Crippen molar-refractivity contribution in [2.45, 2.75) is 13.0 Å². The van der Waals surface area contributed by atoms with Gasteiger partial charge >= 0.3 is 5.97 Å². The smallest absolute Gasteiger partial charge is 0.341 e. The van der Waals surface area contributed by atoms with Crippen LogP contribution in [0.15, 0.2) is 47.4 Å². The number of hydrogen-bond donors (Lipinski definition) is 1. The number of halogens is 2. The van der Waals surface area contributed by atoms with Crippen LogP contribution in [0.2, 0.25) is 0 Å². The maximum Gasteiger partial charge on any atom is 0.341 e. The molecule has 5 nitrogen and oxygen atoms in total. The van der Waals surface area contributed by atoms with Gasteiger partial charge in [-0.2, -0.15) is 0 Å². The molecule has 1 N–H and O–H groups in total. The van der Waals surface area contributed by atoms with Crippen molar-refractivity contribution in [2.24, 2.45) is 0 Å². The number of carboxylic acids is 1. The molecule has 0 amide bonds. The van der Waals surface area contributed by atoms with E-state index >= 15 is 0 Å². The van der Waals surface area contributed by atoms with E-state index < -0.39 is 28.6 Å². The van der Waals surface area contributed by atoms with E-state index in [0.29, 0.717) is 13.1 Å². The average Bonchev–Trinajstić information content (AvgIpc) is 2.63. The summed E-state index contributed by atoms with van der Waals surface area (Å²) in [5.74, 6) is -3.54. The molecule has 0 bridgehead atoms. The molecule has 0 unspecified atom stereocenters. The third kappa shape index (κ3) is 2.44. The minimum absolute atomic E-state index is 0.0957. The molecular formula is C19H14F2N2O3. The van der Waals surface area contributed by atoms with Crippen LogP contribution in [0.25, 0.3) is 10.9 Å². The van der Waals surface area contributed by atoms with Crippen molar-refractivity contribution in [3.8, 4) is 0 Å². The lowest BCUT2D eigenvalue weighted by atomic mass is 10.0. The summed E-state index contributed by atoms with van der Waals surface area (Å²) in [5.41, 5.74) is 0.00145. The Balaban J connectivity index is 1.99. The summed E-state index contributed by atoms with van der Waals surface area (Å²) in [5, 5.41) is 11.0. The summed E-state index contributed by atoms with van der Waals surface area (Å²) < 4.78 is 29.7. The Morgan fingerprint density at radius 1 is 1.19 bits per heavy atom. The van der Waals surface area contributed by atoms with E-state index in [2.05, 4.69) is 0 Å². The van der Waals surface area contributed by atoms with E-state index in [1.807, 2.05) is 35.3 Å². The van der Waals surface area contributed by atoms with Crippen molar-refractivity contribution in [2.75, 3.05) is 11.6 Å². The Bertz CT molecular complexity index is 1090. The Labute approximate surface area is 146 Å². The van der Waals surface area contributed by atoms with Gasteiger partial charge in [0.2, 0.25) is 5.43 Å². The zero-order chi connectivity index (χ0) is 18.4. The number of carbonyl (C=O) groups is 1. The van der Waals surface area contributed by atoms with Crippen molar-refractivity contribution in [1.29, 1.82) is 0 Å². The summed E-state index contributed by atoms with van der Waals surface area (Å²) in [6, 6.07) is 10.3. The normalized spacial score (nSPS) is 13.2. The van der Waals surface area contributed by atoms with E-state index in [0.717, 1.165) is 11.6 Å². The summed E-state index contributed by atoms with van der Waals surface area (Å²) in [4.78, 5) is 23.9. The van der Waals surface area contributed by atoms with E-state index in [1.54, 1.807) is 0 Å². The maximum absolute atomic E-state index is 14.3. The van der Waals surface area contributed by atoms with Gasteiger partial charge in [-0.05, 0) is 18.1 Å². The first-order valence-corrected chi connectivity index (χ1v) is 8.06. The molecule has 3 aromatic rings. The van der Waals surface area contributed by atoms with Gasteiger partial charge in [-0.1, -0.05) is 30.3 Å². The van der Waals surface area contributed by atoms with Crippen molar-refractivity contribution in [3.63, 3.8) is 0 Å². The molecule has 4 rings (SSSR count). The standard InChI is InChI=1S/C19H14F2N2O3/c20-15-8-13-17-12(16(15)21)6-7-22(9-11-4-2-1-3-5-11)23(17)10-14(18(13)24)19(25)26/h1-5,8,10H,6-7,9H2,(H,25,26). The summed E-state index contributed by atoms with van der Waals surface area (Å²) in [7, 11) is 0.